The summed E-state index contributed by atoms with van der Waals surface area (Å²) >= 11 is 0. The van der Waals surface area contributed by atoms with E-state index >= 15 is 0 Å². The zero-order valence-electron chi connectivity index (χ0n) is 13.1. The molecule has 0 heterocycles. The molecule has 0 spiro atoms. The monoisotopic (exact) mass is 292 g/mol. The number of carbonyl (C=O) groups is 2. The molecule has 21 heavy (non-hydrogen) atoms. The van der Waals surface area contributed by atoms with E-state index in [0.717, 1.165) is 5.56 Å². The van der Waals surface area contributed by atoms with E-state index in [0.29, 0.717) is 12.3 Å². The third-order valence-corrected chi connectivity index (χ3v) is 2.95. The molecule has 0 radical (unpaired) electrons. The van der Waals surface area contributed by atoms with E-state index in [1.807, 2.05) is 44.2 Å². The Bertz CT molecular complexity index is 458. The highest BCUT2D eigenvalue weighted by molar-refractivity contribution is 5.85. The van der Waals surface area contributed by atoms with E-state index < -0.39 is 12.1 Å². The van der Waals surface area contributed by atoms with Gasteiger partial charge < -0.3 is 15.0 Å². The summed E-state index contributed by atoms with van der Waals surface area (Å²) < 4.78 is 5.15. The van der Waals surface area contributed by atoms with Gasteiger partial charge in [0.1, 0.15) is 12.6 Å². The fourth-order valence-corrected chi connectivity index (χ4v) is 1.91. The third-order valence-electron chi connectivity index (χ3n) is 2.95. The number of nitrogens with one attached hydrogen (secondary N) is 1. The number of nitrogens with zero attached hydrogens (tertiary/aromatic N) is 1. The highest BCUT2D eigenvalue weighted by Crippen LogP contribution is 2.08. The summed E-state index contributed by atoms with van der Waals surface area (Å²) in [6, 6.07) is 8.87. The number of benzene rings is 1. The van der Waals surface area contributed by atoms with Gasteiger partial charge in [0.25, 0.3) is 0 Å². The minimum absolute atomic E-state index is 0.125. The molecule has 1 aromatic carbocycles. The first-order valence-electron chi connectivity index (χ1n) is 7.08. The molecule has 116 valence electrons. The molecule has 0 aliphatic heterocycles. The van der Waals surface area contributed by atoms with Gasteiger partial charge in [0.2, 0.25) is 5.91 Å². The van der Waals surface area contributed by atoms with Crippen molar-refractivity contribution < 1.29 is 14.3 Å². The highest BCUT2D eigenvalue weighted by Gasteiger charge is 2.23. The van der Waals surface area contributed by atoms with E-state index in [-0.39, 0.29) is 12.5 Å². The normalized spacial score (nSPS) is 11.9. The Morgan fingerprint density at radius 2 is 1.81 bits per heavy atom. The van der Waals surface area contributed by atoms with E-state index in [2.05, 4.69) is 5.32 Å². The molecule has 1 unspecified atom stereocenters. The summed E-state index contributed by atoms with van der Waals surface area (Å²) in [6.07, 6.45) is 0.0111. The van der Waals surface area contributed by atoms with Gasteiger partial charge in [-0.1, -0.05) is 44.2 Å². The van der Waals surface area contributed by atoms with Gasteiger partial charge in [0.05, 0.1) is 0 Å². The van der Waals surface area contributed by atoms with Crippen LogP contribution in [0.4, 0.5) is 4.79 Å². The van der Waals surface area contributed by atoms with Crippen LogP contribution in [0.1, 0.15) is 25.8 Å². The van der Waals surface area contributed by atoms with Crippen molar-refractivity contribution >= 4 is 12.0 Å². The summed E-state index contributed by atoms with van der Waals surface area (Å²) in [4.78, 5) is 25.4. The standard InChI is InChI=1S/C16H24N2O3/c1-12(2)10-14(15(19)18(3)4)17-16(20)21-11-13-8-6-5-7-9-13/h5-9,12,14H,10-11H2,1-4H3,(H,17,20). The van der Waals surface area contributed by atoms with Crippen molar-refractivity contribution in [2.75, 3.05) is 14.1 Å². The summed E-state index contributed by atoms with van der Waals surface area (Å²) in [5, 5.41) is 2.65. The average Bonchev–Trinajstić information content (AvgIpc) is 2.44. The van der Waals surface area contributed by atoms with Crippen LogP contribution in [-0.2, 0) is 16.1 Å². The first-order valence-corrected chi connectivity index (χ1v) is 7.08. The van der Waals surface area contributed by atoms with Crippen molar-refractivity contribution in [2.24, 2.45) is 5.92 Å². The maximum atomic E-state index is 12.0. The molecular weight excluding hydrogens is 268 g/mol. The second-order valence-corrected chi connectivity index (χ2v) is 5.62. The summed E-state index contributed by atoms with van der Waals surface area (Å²) in [5.74, 6) is 0.175. The van der Waals surface area contributed by atoms with Crippen LogP contribution in [0.3, 0.4) is 0 Å². The number of hydrogen-bond donors (Lipinski definition) is 1. The van der Waals surface area contributed by atoms with Crippen LogP contribution >= 0.6 is 0 Å². The van der Waals surface area contributed by atoms with Gasteiger partial charge in [-0.3, -0.25) is 4.79 Å². The van der Waals surface area contributed by atoms with Crippen molar-refractivity contribution in [2.45, 2.75) is 32.9 Å². The number of rotatable bonds is 6. The Morgan fingerprint density at radius 1 is 1.19 bits per heavy atom. The molecule has 0 saturated heterocycles. The van der Waals surface area contributed by atoms with Crippen LogP contribution in [0.15, 0.2) is 30.3 Å². The molecule has 2 amide bonds. The molecule has 1 atom stereocenters. The molecule has 1 aromatic rings. The maximum Gasteiger partial charge on any atom is 0.408 e. The SMILES string of the molecule is CC(C)CC(NC(=O)OCc1ccccc1)C(=O)N(C)C. The van der Waals surface area contributed by atoms with Crippen LogP contribution in [0.2, 0.25) is 0 Å². The van der Waals surface area contributed by atoms with E-state index in [1.54, 1.807) is 14.1 Å². The number of likely N-dealkylation sites (N-methyl/N-ethyl adjacent to an activating group) is 1. The van der Waals surface area contributed by atoms with Crippen molar-refractivity contribution in [3.63, 3.8) is 0 Å². The topological polar surface area (TPSA) is 58.6 Å². The molecule has 1 N–H and O–H groups in total. The average molecular weight is 292 g/mol. The number of hydrogen-bond acceptors (Lipinski definition) is 3. The summed E-state index contributed by atoms with van der Waals surface area (Å²) in [7, 11) is 3.35. The second kappa shape index (κ2) is 8.29. The van der Waals surface area contributed by atoms with Gasteiger partial charge in [0, 0.05) is 14.1 Å². The molecule has 0 aliphatic rings. The summed E-state index contributed by atoms with van der Waals surface area (Å²) in [6.45, 7) is 4.21. The van der Waals surface area contributed by atoms with Crippen molar-refractivity contribution in [3.8, 4) is 0 Å². The summed E-state index contributed by atoms with van der Waals surface area (Å²) in [5.41, 5.74) is 0.909. The Balaban J connectivity index is 2.53. The number of ether oxygens (including phenoxy) is 1. The Morgan fingerprint density at radius 3 is 2.33 bits per heavy atom. The van der Waals surface area contributed by atoms with Gasteiger partial charge >= 0.3 is 6.09 Å². The highest BCUT2D eigenvalue weighted by atomic mass is 16.5. The first kappa shape index (κ1) is 17.0. The van der Waals surface area contributed by atoms with Crippen molar-refractivity contribution in [3.05, 3.63) is 35.9 Å². The van der Waals surface area contributed by atoms with E-state index in [9.17, 15) is 9.59 Å². The Kier molecular flexibility index (Phi) is 6.72. The predicted molar refractivity (Wildman–Crippen MR) is 81.7 cm³/mol. The number of alkyl carbamates (subject to hydrolysis) is 1. The van der Waals surface area contributed by atoms with Crippen molar-refractivity contribution in [1.82, 2.24) is 10.2 Å². The van der Waals surface area contributed by atoms with Crippen LogP contribution in [0.5, 0.6) is 0 Å². The second-order valence-electron chi connectivity index (χ2n) is 5.62. The first-order chi connectivity index (χ1) is 9.90. The number of amides is 2. The van der Waals surface area contributed by atoms with Gasteiger partial charge in [-0.2, -0.15) is 0 Å². The van der Waals surface area contributed by atoms with Gasteiger partial charge in [-0.25, -0.2) is 4.79 Å². The largest absolute Gasteiger partial charge is 0.445 e. The molecule has 0 aromatic heterocycles. The molecule has 5 heteroatoms. The number of carbonyl (C=O) groups excluding carboxylic acids is 2. The predicted octanol–water partition coefficient (Wildman–Crippen LogP) is 2.42. The minimum Gasteiger partial charge on any atom is -0.445 e. The molecular formula is C16H24N2O3. The molecule has 1 rings (SSSR count). The lowest BCUT2D eigenvalue weighted by molar-refractivity contribution is -0.131. The lowest BCUT2D eigenvalue weighted by Crippen LogP contribution is -2.47. The van der Waals surface area contributed by atoms with E-state index in [1.165, 1.54) is 4.90 Å². The van der Waals surface area contributed by atoms with Crippen LogP contribution in [-0.4, -0.2) is 37.0 Å². The van der Waals surface area contributed by atoms with Crippen LogP contribution in [0, 0.1) is 5.92 Å². The quantitative estimate of drug-likeness (QED) is 0.876. The smallest absolute Gasteiger partial charge is 0.408 e. The molecule has 0 aliphatic carbocycles. The molecule has 0 bridgehead atoms. The molecule has 0 saturated carbocycles. The van der Waals surface area contributed by atoms with E-state index in [4.69, 9.17) is 4.74 Å². The maximum absolute atomic E-state index is 12.0. The lowest BCUT2D eigenvalue weighted by atomic mass is 10.0. The lowest BCUT2D eigenvalue weighted by Gasteiger charge is -2.22. The van der Waals surface area contributed by atoms with Crippen LogP contribution < -0.4 is 5.32 Å². The van der Waals surface area contributed by atoms with Crippen LogP contribution in [0.25, 0.3) is 0 Å². The van der Waals surface area contributed by atoms with Gasteiger partial charge in [-0.15, -0.1) is 0 Å². The van der Waals surface area contributed by atoms with Crippen molar-refractivity contribution in [1.29, 1.82) is 0 Å². The van der Waals surface area contributed by atoms with Gasteiger partial charge in [0.15, 0.2) is 0 Å². The fraction of sp³-hybridized carbons (Fsp3) is 0.500. The molecule has 5 nitrogen and oxygen atoms in total. The minimum atomic E-state index is -0.570. The Labute approximate surface area is 126 Å². The Hall–Kier alpha value is -2.04. The molecule has 0 fully saturated rings. The fourth-order valence-electron chi connectivity index (χ4n) is 1.91. The third kappa shape index (κ3) is 6.29. The zero-order valence-corrected chi connectivity index (χ0v) is 13.1. The van der Waals surface area contributed by atoms with Gasteiger partial charge in [-0.05, 0) is 17.9 Å². The zero-order chi connectivity index (χ0) is 15.8.